The smallest absolute Gasteiger partial charge is 0.336 e. The monoisotopic (exact) mass is 358 g/mol. The van der Waals surface area contributed by atoms with Crippen LogP contribution in [0, 0.1) is 0 Å². The van der Waals surface area contributed by atoms with E-state index in [9.17, 15) is 9.59 Å². The van der Waals surface area contributed by atoms with E-state index < -0.39 is 24.1 Å². The quantitative estimate of drug-likeness (QED) is 0.209. The van der Waals surface area contributed by atoms with Crippen molar-refractivity contribution in [2.24, 2.45) is 0 Å². The molecule has 144 valence electrons. The lowest BCUT2D eigenvalue weighted by Crippen LogP contribution is -2.40. The Morgan fingerprint density at radius 3 is 1.38 bits per heavy atom. The van der Waals surface area contributed by atoms with Crippen LogP contribution >= 0.6 is 0 Å². The highest BCUT2D eigenvalue weighted by atomic mass is 16.5. The van der Waals surface area contributed by atoms with Crippen LogP contribution in [0.1, 0.15) is 0 Å². The molecule has 11 nitrogen and oxygen atoms in total. The minimum Gasteiger partial charge on any atom is -0.479 e. The van der Waals surface area contributed by atoms with Crippen LogP contribution in [-0.2, 0) is 28.5 Å². The number of aliphatic hydroxyl groups is 3. The molecule has 0 spiro atoms. The van der Waals surface area contributed by atoms with Crippen molar-refractivity contribution < 1.29 is 54.1 Å². The van der Waals surface area contributed by atoms with E-state index in [1.807, 2.05) is 0 Å². The first-order valence-corrected chi connectivity index (χ1v) is 7.03. The van der Waals surface area contributed by atoms with Gasteiger partial charge in [0.05, 0.1) is 52.9 Å². The Labute approximate surface area is 139 Å². The van der Waals surface area contributed by atoms with E-state index in [0.29, 0.717) is 39.6 Å². The zero-order valence-electron chi connectivity index (χ0n) is 13.5. The van der Waals surface area contributed by atoms with Gasteiger partial charge in [0.25, 0.3) is 0 Å². The van der Waals surface area contributed by atoms with Gasteiger partial charge in [0.2, 0.25) is 0 Å². The highest BCUT2D eigenvalue weighted by molar-refractivity contribution is 5.83. The number of hydrogen-bond donors (Lipinski definition) is 5. The molecule has 0 aliphatic rings. The summed E-state index contributed by atoms with van der Waals surface area (Å²) in [5.74, 6) is -3.14. The summed E-state index contributed by atoms with van der Waals surface area (Å²) in [5.41, 5.74) is 0. The first kappa shape index (κ1) is 24.9. The summed E-state index contributed by atoms with van der Waals surface area (Å²) in [6.07, 6.45) is -3.75. The number of carboxylic acids is 2. The SMILES string of the molecule is COC(C(=O)O)C(O)C(=O)O.OCCOCCOCCOCCO. The molecular weight excluding hydrogens is 332 g/mol. The molecule has 0 radical (unpaired) electrons. The van der Waals surface area contributed by atoms with Crippen molar-refractivity contribution in [3.05, 3.63) is 0 Å². The van der Waals surface area contributed by atoms with E-state index in [0.717, 1.165) is 7.11 Å². The molecule has 0 saturated carbocycles. The van der Waals surface area contributed by atoms with Crippen molar-refractivity contribution >= 4 is 11.9 Å². The summed E-state index contributed by atoms with van der Waals surface area (Å²) in [4.78, 5) is 20.1. The van der Waals surface area contributed by atoms with E-state index in [-0.39, 0.29) is 13.2 Å². The first-order valence-electron chi connectivity index (χ1n) is 7.03. The summed E-state index contributed by atoms with van der Waals surface area (Å²) in [6.45, 7) is 2.76. The highest BCUT2D eigenvalue weighted by Crippen LogP contribution is 1.98. The van der Waals surface area contributed by atoms with E-state index in [1.165, 1.54) is 0 Å². The molecule has 0 amide bonds. The van der Waals surface area contributed by atoms with Crippen molar-refractivity contribution in [2.45, 2.75) is 12.2 Å². The molecule has 2 unspecified atom stereocenters. The van der Waals surface area contributed by atoms with Crippen LogP contribution in [0.15, 0.2) is 0 Å². The summed E-state index contributed by atoms with van der Waals surface area (Å²) in [7, 11) is 1.00. The summed E-state index contributed by atoms with van der Waals surface area (Å²) >= 11 is 0. The second kappa shape index (κ2) is 18.0. The largest absolute Gasteiger partial charge is 0.479 e. The minimum absolute atomic E-state index is 0.0413. The van der Waals surface area contributed by atoms with Gasteiger partial charge >= 0.3 is 11.9 Å². The van der Waals surface area contributed by atoms with Crippen molar-refractivity contribution in [1.29, 1.82) is 0 Å². The normalized spacial score (nSPS) is 12.8. The van der Waals surface area contributed by atoms with Crippen LogP contribution in [0.5, 0.6) is 0 Å². The molecule has 0 aliphatic carbocycles. The van der Waals surface area contributed by atoms with Gasteiger partial charge in [-0.05, 0) is 0 Å². The average molecular weight is 358 g/mol. The van der Waals surface area contributed by atoms with Gasteiger partial charge in [-0.25, -0.2) is 9.59 Å². The molecule has 0 aliphatic heterocycles. The lowest BCUT2D eigenvalue weighted by atomic mass is 10.2. The van der Waals surface area contributed by atoms with Gasteiger partial charge in [-0.3, -0.25) is 0 Å². The number of methoxy groups -OCH3 is 1. The Morgan fingerprint density at radius 1 is 0.792 bits per heavy atom. The van der Waals surface area contributed by atoms with Gasteiger partial charge in [-0.2, -0.15) is 0 Å². The molecule has 0 bridgehead atoms. The average Bonchev–Trinajstić information content (AvgIpc) is 2.54. The second-order valence-electron chi connectivity index (χ2n) is 4.06. The topological polar surface area (TPSA) is 172 Å². The van der Waals surface area contributed by atoms with Crippen molar-refractivity contribution in [1.82, 2.24) is 0 Å². The lowest BCUT2D eigenvalue weighted by molar-refractivity contribution is -0.168. The molecule has 5 N–H and O–H groups in total. The van der Waals surface area contributed by atoms with E-state index in [2.05, 4.69) is 4.74 Å². The molecule has 0 aromatic rings. The van der Waals surface area contributed by atoms with Crippen LogP contribution in [0.3, 0.4) is 0 Å². The van der Waals surface area contributed by atoms with Gasteiger partial charge in [0, 0.05) is 7.11 Å². The van der Waals surface area contributed by atoms with Gasteiger partial charge in [0.15, 0.2) is 12.2 Å². The molecule has 0 aromatic heterocycles. The Bertz CT molecular complexity index is 300. The van der Waals surface area contributed by atoms with Gasteiger partial charge in [-0.15, -0.1) is 0 Å². The van der Waals surface area contributed by atoms with Gasteiger partial charge in [-0.1, -0.05) is 0 Å². The molecule has 0 fully saturated rings. The standard InChI is InChI=1S/C8H18O5.C5H8O6/c9-1-3-11-5-7-13-8-6-12-4-2-10;1-11-3(5(9)10)2(6)4(7)8/h9-10H,1-8H2;2-3,6H,1H3,(H,7,8)(H,9,10). The van der Waals surface area contributed by atoms with Crippen molar-refractivity contribution in [3.8, 4) is 0 Å². The van der Waals surface area contributed by atoms with Crippen molar-refractivity contribution in [2.75, 3.05) is 60.0 Å². The Hall–Kier alpha value is -1.34. The molecule has 11 heteroatoms. The predicted octanol–water partition coefficient (Wildman–Crippen LogP) is -2.45. The Kier molecular flexibility index (Phi) is 18.7. The molecule has 0 aromatic carbocycles. The maximum atomic E-state index is 10.1. The van der Waals surface area contributed by atoms with Crippen LogP contribution < -0.4 is 0 Å². The fourth-order valence-electron chi connectivity index (χ4n) is 1.17. The molecule has 24 heavy (non-hydrogen) atoms. The fraction of sp³-hybridized carbons (Fsp3) is 0.846. The molecule has 0 rings (SSSR count). The van der Waals surface area contributed by atoms with E-state index in [1.54, 1.807) is 0 Å². The Balaban J connectivity index is 0. The van der Waals surface area contributed by atoms with Crippen LogP contribution in [0.4, 0.5) is 0 Å². The number of aliphatic carboxylic acids is 2. The third-order valence-electron chi connectivity index (χ3n) is 2.25. The van der Waals surface area contributed by atoms with E-state index >= 15 is 0 Å². The third kappa shape index (κ3) is 15.6. The summed E-state index contributed by atoms with van der Waals surface area (Å²) in [6, 6.07) is 0. The molecule has 0 heterocycles. The maximum absolute atomic E-state index is 10.1. The second-order valence-corrected chi connectivity index (χ2v) is 4.06. The van der Waals surface area contributed by atoms with Gasteiger partial charge in [0.1, 0.15) is 0 Å². The number of carboxylic acid groups (broad SMARTS) is 2. The predicted molar refractivity (Wildman–Crippen MR) is 78.7 cm³/mol. The third-order valence-corrected chi connectivity index (χ3v) is 2.25. The van der Waals surface area contributed by atoms with Crippen LogP contribution in [0.2, 0.25) is 0 Å². The maximum Gasteiger partial charge on any atom is 0.336 e. The summed E-state index contributed by atoms with van der Waals surface area (Å²) in [5, 5.41) is 41.7. The van der Waals surface area contributed by atoms with Crippen molar-refractivity contribution in [3.63, 3.8) is 0 Å². The number of ether oxygens (including phenoxy) is 4. The molecular formula is C13H26O11. The highest BCUT2D eigenvalue weighted by Gasteiger charge is 2.31. The lowest BCUT2D eigenvalue weighted by Gasteiger charge is -2.12. The zero-order valence-corrected chi connectivity index (χ0v) is 13.5. The minimum atomic E-state index is -2.03. The number of rotatable bonds is 14. The molecule has 0 saturated heterocycles. The Morgan fingerprint density at radius 2 is 1.17 bits per heavy atom. The number of carbonyl (C=O) groups is 2. The zero-order chi connectivity index (χ0) is 18.8. The molecule has 2 atom stereocenters. The van der Waals surface area contributed by atoms with Gasteiger partial charge < -0.3 is 44.5 Å². The van der Waals surface area contributed by atoms with E-state index in [4.69, 9.17) is 39.7 Å². The summed E-state index contributed by atoms with van der Waals surface area (Å²) < 4.78 is 19.2. The fourth-order valence-corrected chi connectivity index (χ4v) is 1.17. The first-order chi connectivity index (χ1) is 11.4. The van der Waals surface area contributed by atoms with Crippen LogP contribution in [0.25, 0.3) is 0 Å². The van der Waals surface area contributed by atoms with Crippen LogP contribution in [-0.4, -0.2) is 110 Å². The number of aliphatic hydroxyl groups excluding tert-OH is 3. The number of hydrogen-bond acceptors (Lipinski definition) is 9.